The number of rotatable bonds is 3. The van der Waals surface area contributed by atoms with Crippen LogP contribution in [-0.2, 0) is 10.4 Å². The first-order chi connectivity index (χ1) is 7.05. The van der Waals surface area contributed by atoms with Gasteiger partial charge < -0.3 is 10.2 Å². The Morgan fingerprint density at radius 2 is 1.87 bits per heavy atom. The SMILES string of the molecule is O=C(O)C(O)(c1ccc(Cl)cc1)C1CC1. The Hall–Kier alpha value is -1.06. The molecule has 0 aromatic heterocycles. The normalized spacial score (nSPS) is 19.6. The number of carboxylic acids is 1. The van der Waals surface area contributed by atoms with Crippen LogP contribution in [0.5, 0.6) is 0 Å². The van der Waals surface area contributed by atoms with Crippen molar-refractivity contribution >= 4 is 17.6 Å². The van der Waals surface area contributed by atoms with Crippen LogP contribution in [0.15, 0.2) is 24.3 Å². The summed E-state index contributed by atoms with van der Waals surface area (Å²) in [5.41, 5.74) is -1.34. The summed E-state index contributed by atoms with van der Waals surface area (Å²) in [6.07, 6.45) is 1.51. The van der Waals surface area contributed by atoms with Gasteiger partial charge in [-0.2, -0.15) is 0 Å². The van der Waals surface area contributed by atoms with Crippen molar-refractivity contribution in [2.24, 2.45) is 5.92 Å². The first-order valence-electron chi connectivity index (χ1n) is 4.77. The lowest BCUT2D eigenvalue weighted by molar-refractivity contribution is -0.162. The second-order valence-corrected chi connectivity index (χ2v) is 4.29. The van der Waals surface area contributed by atoms with Crippen molar-refractivity contribution in [1.29, 1.82) is 0 Å². The van der Waals surface area contributed by atoms with E-state index >= 15 is 0 Å². The van der Waals surface area contributed by atoms with Gasteiger partial charge in [0.2, 0.25) is 0 Å². The van der Waals surface area contributed by atoms with Crippen LogP contribution in [0.1, 0.15) is 18.4 Å². The van der Waals surface area contributed by atoms with Crippen molar-refractivity contribution in [3.8, 4) is 0 Å². The van der Waals surface area contributed by atoms with Crippen LogP contribution in [0.4, 0.5) is 0 Å². The molecule has 2 rings (SSSR count). The summed E-state index contributed by atoms with van der Waals surface area (Å²) in [7, 11) is 0. The molecule has 1 aliphatic rings. The van der Waals surface area contributed by atoms with Gasteiger partial charge in [-0.3, -0.25) is 0 Å². The summed E-state index contributed by atoms with van der Waals surface area (Å²) in [6, 6.07) is 6.31. The number of hydrogen-bond acceptors (Lipinski definition) is 2. The predicted molar refractivity (Wildman–Crippen MR) is 55.7 cm³/mol. The molecule has 0 spiro atoms. The van der Waals surface area contributed by atoms with Gasteiger partial charge in [0.15, 0.2) is 5.60 Å². The molecule has 1 aliphatic carbocycles. The highest BCUT2D eigenvalue weighted by Gasteiger charge is 2.51. The Morgan fingerprint density at radius 3 is 2.27 bits per heavy atom. The minimum atomic E-state index is -1.75. The van der Waals surface area contributed by atoms with Crippen LogP contribution in [0.3, 0.4) is 0 Å². The summed E-state index contributed by atoms with van der Waals surface area (Å²) >= 11 is 5.71. The number of carbonyl (C=O) groups is 1. The smallest absolute Gasteiger partial charge is 0.340 e. The van der Waals surface area contributed by atoms with E-state index in [4.69, 9.17) is 16.7 Å². The van der Waals surface area contributed by atoms with Crippen LogP contribution >= 0.6 is 11.6 Å². The molecule has 0 heterocycles. The van der Waals surface area contributed by atoms with Crippen molar-refractivity contribution < 1.29 is 15.0 Å². The molecule has 2 N–H and O–H groups in total. The van der Waals surface area contributed by atoms with Crippen molar-refractivity contribution in [3.05, 3.63) is 34.9 Å². The van der Waals surface area contributed by atoms with Gasteiger partial charge in [-0.1, -0.05) is 23.7 Å². The van der Waals surface area contributed by atoms with E-state index in [0.717, 1.165) is 12.8 Å². The quantitative estimate of drug-likeness (QED) is 0.829. The van der Waals surface area contributed by atoms with E-state index in [1.165, 1.54) is 0 Å². The first kappa shape index (κ1) is 10.5. The Balaban J connectivity index is 2.40. The van der Waals surface area contributed by atoms with Crippen molar-refractivity contribution in [1.82, 2.24) is 0 Å². The van der Waals surface area contributed by atoms with E-state index < -0.39 is 11.6 Å². The molecule has 0 amide bonds. The lowest BCUT2D eigenvalue weighted by atomic mass is 9.89. The largest absolute Gasteiger partial charge is 0.479 e. The maximum atomic E-state index is 11.1. The summed E-state index contributed by atoms with van der Waals surface area (Å²) in [5, 5.41) is 19.8. The second-order valence-electron chi connectivity index (χ2n) is 3.85. The highest BCUT2D eigenvalue weighted by molar-refractivity contribution is 6.30. The average molecular weight is 227 g/mol. The van der Waals surface area contributed by atoms with Crippen molar-refractivity contribution in [2.45, 2.75) is 18.4 Å². The Morgan fingerprint density at radius 1 is 1.33 bits per heavy atom. The molecular weight excluding hydrogens is 216 g/mol. The van der Waals surface area contributed by atoms with Crippen molar-refractivity contribution in [3.63, 3.8) is 0 Å². The number of aliphatic hydroxyl groups is 1. The molecule has 0 aliphatic heterocycles. The third-order valence-electron chi connectivity index (χ3n) is 2.78. The highest BCUT2D eigenvalue weighted by atomic mass is 35.5. The fraction of sp³-hybridized carbons (Fsp3) is 0.364. The number of benzene rings is 1. The number of carboxylic acid groups (broad SMARTS) is 1. The van der Waals surface area contributed by atoms with Gasteiger partial charge >= 0.3 is 5.97 Å². The van der Waals surface area contributed by atoms with E-state index in [9.17, 15) is 9.90 Å². The molecule has 80 valence electrons. The molecule has 1 aromatic rings. The fourth-order valence-electron chi connectivity index (χ4n) is 1.74. The van der Waals surface area contributed by atoms with Crippen LogP contribution in [0, 0.1) is 5.92 Å². The predicted octanol–water partition coefficient (Wildman–Crippen LogP) is 2.02. The maximum Gasteiger partial charge on any atom is 0.340 e. The van der Waals surface area contributed by atoms with Gasteiger partial charge in [0.1, 0.15) is 0 Å². The lowest BCUT2D eigenvalue weighted by Gasteiger charge is -2.23. The number of aliphatic carboxylic acids is 1. The molecule has 1 unspecified atom stereocenters. The van der Waals surface area contributed by atoms with Gasteiger partial charge in [0, 0.05) is 10.9 Å². The Labute approximate surface area is 92.3 Å². The molecule has 0 bridgehead atoms. The molecule has 4 heteroatoms. The summed E-state index contributed by atoms with van der Waals surface area (Å²) < 4.78 is 0. The standard InChI is InChI=1S/C11H11ClO3/c12-9-5-3-8(4-6-9)11(15,10(13)14)7-1-2-7/h3-7,15H,1-2H2,(H,13,14). The fourth-order valence-corrected chi connectivity index (χ4v) is 1.86. The van der Waals surface area contributed by atoms with E-state index in [-0.39, 0.29) is 5.92 Å². The minimum Gasteiger partial charge on any atom is -0.479 e. The molecule has 15 heavy (non-hydrogen) atoms. The first-order valence-corrected chi connectivity index (χ1v) is 5.14. The zero-order valence-electron chi connectivity index (χ0n) is 7.98. The van der Waals surface area contributed by atoms with E-state index in [2.05, 4.69) is 0 Å². The molecule has 0 radical (unpaired) electrons. The van der Waals surface area contributed by atoms with Gasteiger partial charge in [0.25, 0.3) is 0 Å². The van der Waals surface area contributed by atoms with Crippen molar-refractivity contribution in [2.75, 3.05) is 0 Å². The van der Waals surface area contributed by atoms with E-state index in [1.54, 1.807) is 24.3 Å². The van der Waals surface area contributed by atoms with Crippen LogP contribution in [0.25, 0.3) is 0 Å². The van der Waals surface area contributed by atoms with Gasteiger partial charge in [-0.25, -0.2) is 4.79 Å². The average Bonchev–Trinajstić information content (AvgIpc) is 3.00. The van der Waals surface area contributed by atoms with E-state index in [0.29, 0.717) is 10.6 Å². The topological polar surface area (TPSA) is 57.5 Å². The van der Waals surface area contributed by atoms with Gasteiger partial charge in [0.05, 0.1) is 0 Å². The van der Waals surface area contributed by atoms with Gasteiger partial charge in [-0.15, -0.1) is 0 Å². The molecule has 3 nitrogen and oxygen atoms in total. The lowest BCUT2D eigenvalue weighted by Crippen LogP contribution is -2.37. The summed E-state index contributed by atoms with van der Waals surface area (Å²) in [6.45, 7) is 0. The summed E-state index contributed by atoms with van der Waals surface area (Å²) in [4.78, 5) is 11.1. The number of hydrogen-bond donors (Lipinski definition) is 2. The molecule has 1 fully saturated rings. The zero-order valence-corrected chi connectivity index (χ0v) is 8.74. The molecule has 1 atom stereocenters. The third-order valence-corrected chi connectivity index (χ3v) is 3.03. The second kappa shape index (κ2) is 3.51. The van der Waals surface area contributed by atoms with Gasteiger partial charge in [-0.05, 0) is 30.5 Å². The number of halogens is 1. The van der Waals surface area contributed by atoms with Crippen LogP contribution in [0.2, 0.25) is 5.02 Å². The van der Waals surface area contributed by atoms with Crippen LogP contribution in [-0.4, -0.2) is 16.2 Å². The molecule has 1 saturated carbocycles. The highest BCUT2D eigenvalue weighted by Crippen LogP contribution is 2.46. The minimum absolute atomic E-state index is 0.170. The molecular formula is C11H11ClO3. The van der Waals surface area contributed by atoms with Crippen LogP contribution < -0.4 is 0 Å². The summed E-state index contributed by atoms with van der Waals surface area (Å²) in [5.74, 6) is -1.36. The third kappa shape index (κ3) is 1.73. The molecule has 1 aromatic carbocycles. The molecule has 0 saturated heterocycles. The Kier molecular flexibility index (Phi) is 2.44. The zero-order chi connectivity index (χ0) is 11.1. The monoisotopic (exact) mass is 226 g/mol. The Bertz CT molecular complexity index is 383. The maximum absolute atomic E-state index is 11.1. The van der Waals surface area contributed by atoms with E-state index in [1.807, 2.05) is 0 Å².